The first-order chi connectivity index (χ1) is 10.2. The summed E-state index contributed by atoms with van der Waals surface area (Å²) in [4.78, 5) is 10.9. The molecule has 0 radical (unpaired) electrons. The zero-order valence-electron chi connectivity index (χ0n) is 13.2. The van der Waals surface area contributed by atoms with Crippen molar-refractivity contribution in [1.82, 2.24) is 14.9 Å². The Kier molecular flexibility index (Phi) is 4.15. The molecular formula is C17H25N3O. The normalized spacial score (nSPS) is 21.6. The zero-order chi connectivity index (χ0) is 14.8. The lowest BCUT2D eigenvalue weighted by Gasteiger charge is -2.38. The van der Waals surface area contributed by atoms with Gasteiger partial charge in [-0.05, 0) is 44.9 Å². The highest BCUT2D eigenvalue weighted by Gasteiger charge is 2.27. The third kappa shape index (κ3) is 2.77. The average molecular weight is 287 g/mol. The molecule has 114 valence electrons. The van der Waals surface area contributed by atoms with E-state index in [-0.39, 0.29) is 0 Å². The van der Waals surface area contributed by atoms with Gasteiger partial charge in [-0.3, -0.25) is 4.90 Å². The van der Waals surface area contributed by atoms with Gasteiger partial charge in [0.25, 0.3) is 0 Å². The van der Waals surface area contributed by atoms with Crippen LogP contribution in [-0.4, -0.2) is 34.6 Å². The first-order valence-corrected chi connectivity index (χ1v) is 8.02. The number of hydrogen-bond donors (Lipinski definition) is 1. The van der Waals surface area contributed by atoms with Crippen molar-refractivity contribution in [3.05, 3.63) is 24.0 Å². The van der Waals surface area contributed by atoms with Crippen LogP contribution in [0, 0.1) is 0 Å². The van der Waals surface area contributed by atoms with Gasteiger partial charge in [-0.1, -0.05) is 13.3 Å². The molecule has 2 aromatic rings. The first kappa shape index (κ1) is 14.4. The first-order valence-electron chi connectivity index (χ1n) is 8.02. The SMILES string of the molecule is CCC1CCCCN1C(C)c1nc2ccc(OC)cc2[nH]1. The summed E-state index contributed by atoms with van der Waals surface area (Å²) in [5.41, 5.74) is 2.07. The van der Waals surface area contributed by atoms with E-state index in [2.05, 4.69) is 23.7 Å². The number of nitrogens with zero attached hydrogens (tertiary/aromatic N) is 2. The number of hydrogen-bond acceptors (Lipinski definition) is 3. The second-order valence-corrected chi connectivity index (χ2v) is 5.98. The molecule has 0 amide bonds. The second-order valence-electron chi connectivity index (χ2n) is 5.98. The van der Waals surface area contributed by atoms with E-state index in [4.69, 9.17) is 9.72 Å². The van der Waals surface area contributed by atoms with E-state index >= 15 is 0 Å². The maximum Gasteiger partial charge on any atom is 0.124 e. The summed E-state index contributed by atoms with van der Waals surface area (Å²) in [6.45, 7) is 5.74. The topological polar surface area (TPSA) is 41.2 Å². The van der Waals surface area contributed by atoms with E-state index in [1.807, 2.05) is 18.2 Å². The minimum absolute atomic E-state index is 0.341. The Morgan fingerprint density at radius 1 is 1.43 bits per heavy atom. The van der Waals surface area contributed by atoms with E-state index < -0.39 is 0 Å². The maximum absolute atomic E-state index is 5.28. The molecular weight excluding hydrogens is 262 g/mol. The Morgan fingerprint density at radius 2 is 2.29 bits per heavy atom. The molecule has 1 aliphatic rings. The molecule has 0 bridgehead atoms. The van der Waals surface area contributed by atoms with Gasteiger partial charge >= 0.3 is 0 Å². The predicted molar refractivity (Wildman–Crippen MR) is 85.7 cm³/mol. The van der Waals surface area contributed by atoms with Gasteiger partial charge in [0.1, 0.15) is 11.6 Å². The number of aromatic nitrogens is 2. The number of aromatic amines is 1. The molecule has 2 atom stereocenters. The largest absolute Gasteiger partial charge is 0.497 e. The number of fused-ring (bicyclic) bond motifs is 1. The number of nitrogens with one attached hydrogen (secondary N) is 1. The molecule has 1 aliphatic heterocycles. The summed E-state index contributed by atoms with van der Waals surface area (Å²) < 4.78 is 5.28. The molecule has 0 spiro atoms. The Bertz CT molecular complexity index is 607. The Morgan fingerprint density at radius 3 is 3.05 bits per heavy atom. The molecule has 3 rings (SSSR count). The van der Waals surface area contributed by atoms with Gasteiger partial charge in [-0.15, -0.1) is 0 Å². The molecule has 0 aliphatic carbocycles. The highest BCUT2D eigenvalue weighted by molar-refractivity contribution is 5.76. The second kappa shape index (κ2) is 6.06. The monoisotopic (exact) mass is 287 g/mol. The maximum atomic E-state index is 5.28. The number of benzene rings is 1. The summed E-state index contributed by atoms with van der Waals surface area (Å²) in [7, 11) is 1.70. The van der Waals surface area contributed by atoms with Crippen molar-refractivity contribution < 1.29 is 4.74 Å². The number of likely N-dealkylation sites (tertiary alicyclic amines) is 1. The van der Waals surface area contributed by atoms with Crippen LogP contribution >= 0.6 is 0 Å². The van der Waals surface area contributed by atoms with Gasteiger partial charge in [-0.25, -0.2) is 4.98 Å². The van der Waals surface area contributed by atoms with Crippen LogP contribution in [0.25, 0.3) is 11.0 Å². The lowest BCUT2D eigenvalue weighted by molar-refractivity contribution is 0.0963. The Labute approximate surface area is 126 Å². The molecule has 1 saturated heterocycles. The Balaban J connectivity index is 1.88. The molecule has 1 N–H and O–H groups in total. The van der Waals surface area contributed by atoms with Gasteiger partial charge in [0.2, 0.25) is 0 Å². The van der Waals surface area contributed by atoms with Gasteiger partial charge in [0.05, 0.1) is 24.2 Å². The van der Waals surface area contributed by atoms with E-state index in [0.29, 0.717) is 12.1 Å². The van der Waals surface area contributed by atoms with Crippen molar-refractivity contribution in [1.29, 1.82) is 0 Å². The van der Waals surface area contributed by atoms with Gasteiger partial charge < -0.3 is 9.72 Å². The summed E-state index contributed by atoms with van der Waals surface area (Å²) in [6, 6.07) is 7.04. The number of methoxy groups -OCH3 is 1. The molecule has 1 aromatic carbocycles. The quantitative estimate of drug-likeness (QED) is 0.927. The van der Waals surface area contributed by atoms with E-state index in [1.54, 1.807) is 7.11 Å². The Hall–Kier alpha value is -1.55. The van der Waals surface area contributed by atoms with Crippen LogP contribution in [0.2, 0.25) is 0 Å². The van der Waals surface area contributed by atoms with Crippen molar-refractivity contribution in [2.24, 2.45) is 0 Å². The minimum atomic E-state index is 0.341. The fourth-order valence-electron chi connectivity index (χ4n) is 3.46. The summed E-state index contributed by atoms with van der Waals surface area (Å²) in [5.74, 6) is 1.94. The number of rotatable bonds is 4. The average Bonchev–Trinajstić information content (AvgIpc) is 2.96. The van der Waals surface area contributed by atoms with Crippen molar-refractivity contribution in [2.45, 2.75) is 51.6 Å². The number of piperidine rings is 1. The molecule has 21 heavy (non-hydrogen) atoms. The third-order valence-electron chi connectivity index (χ3n) is 4.74. The van der Waals surface area contributed by atoms with Gasteiger partial charge in [0, 0.05) is 12.1 Å². The lowest BCUT2D eigenvalue weighted by Crippen LogP contribution is -2.41. The van der Waals surface area contributed by atoms with Crippen LogP contribution in [0.5, 0.6) is 5.75 Å². The molecule has 1 aromatic heterocycles. The summed E-state index contributed by atoms with van der Waals surface area (Å²) in [6.07, 6.45) is 5.20. The molecule has 4 heteroatoms. The number of imidazole rings is 1. The predicted octanol–water partition coefficient (Wildman–Crippen LogP) is 3.90. The van der Waals surface area contributed by atoms with Gasteiger partial charge in [-0.2, -0.15) is 0 Å². The molecule has 2 heterocycles. The molecule has 4 nitrogen and oxygen atoms in total. The van der Waals surface area contributed by atoms with Crippen LogP contribution in [-0.2, 0) is 0 Å². The van der Waals surface area contributed by atoms with Crippen molar-refractivity contribution >= 4 is 11.0 Å². The van der Waals surface area contributed by atoms with Crippen LogP contribution in [0.1, 0.15) is 51.4 Å². The summed E-state index contributed by atoms with van der Waals surface area (Å²) >= 11 is 0. The van der Waals surface area contributed by atoms with E-state index in [1.165, 1.54) is 32.2 Å². The number of H-pyrrole nitrogens is 1. The highest BCUT2D eigenvalue weighted by atomic mass is 16.5. The van der Waals surface area contributed by atoms with Crippen molar-refractivity contribution in [2.75, 3.05) is 13.7 Å². The molecule has 2 unspecified atom stereocenters. The van der Waals surface area contributed by atoms with Crippen LogP contribution < -0.4 is 4.74 Å². The molecule has 1 fully saturated rings. The van der Waals surface area contributed by atoms with Crippen LogP contribution in [0.3, 0.4) is 0 Å². The minimum Gasteiger partial charge on any atom is -0.497 e. The zero-order valence-corrected chi connectivity index (χ0v) is 13.2. The highest BCUT2D eigenvalue weighted by Crippen LogP contribution is 2.30. The third-order valence-corrected chi connectivity index (χ3v) is 4.74. The van der Waals surface area contributed by atoms with E-state index in [0.717, 1.165) is 22.6 Å². The van der Waals surface area contributed by atoms with Crippen LogP contribution in [0.4, 0.5) is 0 Å². The van der Waals surface area contributed by atoms with Crippen molar-refractivity contribution in [3.63, 3.8) is 0 Å². The standard InChI is InChI=1S/C17H25N3O/c1-4-13-7-5-6-10-20(13)12(2)17-18-15-9-8-14(21-3)11-16(15)19-17/h8-9,11-13H,4-7,10H2,1-3H3,(H,18,19). The fraction of sp³-hybridized carbons (Fsp3) is 0.588. The van der Waals surface area contributed by atoms with Gasteiger partial charge in [0.15, 0.2) is 0 Å². The van der Waals surface area contributed by atoms with Crippen molar-refractivity contribution in [3.8, 4) is 5.75 Å². The van der Waals surface area contributed by atoms with E-state index in [9.17, 15) is 0 Å². The van der Waals surface area contributed by atoms with Crippen LogP contribution in [0.15, 0.2) is 18.2 Å². The smallest absolute Gasteiger partial charge is 0.124 e. The lowest BCUT2D eigenvalue weighted by atomic mass is 9.98. The summed E-state index contributed by atoms with van der Waals surface area (Å²) in [5, 5.41) is 0. The molecule has 0 saturated carbocycles. The fourth-order valence-corrected chi connectivity index (χ4v) is 3.46. The number of ether oxygens (including phenoxy) is 1.